The number of hydrogen-bond acceptors (Lipinski definition) is 7. The standard InChI is InChI=1S/C25H22ClN3O6/c1-33-21-12-7-18(13-22(21)34-2)25(32)35-20-10-3-16(4-11-20)14-28-29-23(30)15-27-24(31)17-5-8-19(26)9-6-17/h3-14H,15H2,1-2H3,(H,27,31)(H,29,30)/b28-14+. The van der Waals surface area contributed by atoms with Gasteiger partial charge in [-0.2, -0.15) is 5.10 Å². The van der Waals surface area contributed by atoms with E-state index in [0.717, 1.165) is 0 Å². The minimum absolute atomic E-state index is 0.246. The molecule has 0 aliphatic carbocycles. The molecule has 0 unspecified atom stereocenters. The van der Waals surface area contributed by atoms with Crippen LogP contribution in [0.2, 0.25) is 5.02 Å². The first-order valence-electron chi connectivity index (χ1n) is 10.3. The van der Waals surface area contributed by atoms with Crippen molar-refractivity contribution in [3.8, 4) is 17.2 Å². The Hall–Kier alpha value is -4.37. The lowest BCUT2D eigenvalue weighted by molar-refractivity contribution is -0.120. The third-order valence-electron chi connectivity index (χ3n) is 4.63. The van der Waals surface area contributed by atoms with E-state index in [0.29, 0.717) is 39.0 Å². The second-order valence-electron chi connectivity index (χ2n) is 7.01. The molecule has 0 spiro atoms. The van der Waals surface area contributed by atoms with Crippen LogP contribution in [0, 0.1) is 0 Å². The van der Waals surface area contributed by atoms with Gasteiger partial charge in [-0.25, -0.2) is 10.2 Å². The molecule has 0 radical (unpaired) electrons. The van der Waals surface area contributed by atoms with Crippen LogP contribution in [-0.2, 0) is 4.79 Å². The van der Waals surface area contributed by atoms with Crippen LogP contribution >= 0.6 is 11.6 Å². The maximum absolute atomic E-state index is 12.4. The summed E-state index contributed by atoms with van der Waals surface area (Å²) in [6, 6.07) is 17.5. The lowest BCUT2D eigenvalue weighted by Crippen LogP contribution is -2.34. The van der Waals surface area contributed by atoms with E-state index >= 15 is 0 Å². The Kier molecular flexibility index (Phi) is 8.80. The van der Waals surface area contributed by atoms with Crippen molar-refractivity contribution in [1.82, 2.24) is 10.7 Å². The molecule has 0 heterocycles. The normalized spacial score (nSPS) is 10.5. The van der Waals surface area contributed by atoms with Gasteiger partial charge in [0.1, 0.15) is 5.75 Å². The summed E-state index contributed by atoms with van der Waals surface area (Å²) in [6.45, 7) is -0.246. The second-order valence-corrected chi connectivity index (χ2v) is 7.45. The fraction of sp³-hybridized carbons (Fsp3) is 0.120. The van der Waals surface area contributed by atoms with Crippen molar-refractivity contribution in [2.24, 2.45) is 5.10 Å². The van der Waals surface area contributed by atoms with Crippen LogP contribution < -0.4 is 25.0 Å². The first kappa shape index (κ1) is 25.3. The van der Waals surface area contributed by atoms with Gasteiger partial charge in [0.05, 0.1) is 32.5 Å². The van der Waals surface area contributed by atoms with Crippen molar-refractivity contribution in [2.45, 2.75) is 0 Å². The SMILES string of the molecule is COc1ccc(C(=O)Oc2ccc(/C=N/NC(=O)CNC(=O)c3ccc(Cl)cc3)cc2)cc1OC. The molecule has 10 heteroatoms. The number of ether oxygens (including phenoxy) is 3. The minimum atomic E-state index is -0.555. The van der Waals surface area contributed by atoms with Crippen LogP contribution in [0.15, 0.2) is 71.8 Å². The van der Waals surface area contributed by atoms with Gasteiger partial charge in [-0.15, -0.1) is 0 Å². The summed E-state index contributed by atoms with van der Waals surface area (Å²) in [5, 5.41) is 6.85. The van der Waals surface area contributed by atoms with Gasteiger partial charge >= 0.3 is 5.97 Å². The summed E-state index contributed by atoms with van der Waals surface area (Å²) in [7, 11) is 2.99. The van der Waals surface area contributed by atoms with Gasteiger partial charge < -0.3 is 19.5 Å². The monoisotopic (exact) mass is 495 g/mol. The minimum Gasteiger partial charge on any atom is -0.493 e. The number of halogens is 1. The third-order valence-corrected chi connectivity index (χ3v) is 4.88. The average Bonchev–Trinajstić information content (AvgIpc) is 2.88. The van der Waals surface area contributed by atoms with Gasteiger partial charge in [0.25, 0.3) is 11.8 Å². The Bertz CT molecular complexity index is 1230. The summed E-state index contributed by atoms with van der Waals surface area (Å²) >= 11 is 5.79. The highest BCUT2D eigenvalue weighted by Crippen LogP contribution is 2.28. The zero-order valence-corrected chi connectivity index (χ0v) is 19.7. The Morgan fingerprint density at radius 2 is 1.54 bits per heavy atom. The fourth-order valence-electron chi connectivity index (χ4n) is 2.83. The van der Waals surface area contributed by atoms with Crippen molar-refractivity contribution in [1.29, 1.82) is 0 Å². The number of methoxy groups -OCH3 is 2. The molecule has 180 valence electrons. The highest BCUT2D eigenvalue weighted by Gasteiger charge is 2.13. The number of hydrazone groups is 1. The van der Waals surface area contributed by atoms with Crippen molar-refractivity contribution < 1.29 is 28.6 Å². The Balaban J connectivity index is 1.47. The third kappa shape index (κ3) is 7.31. The van der Waals surface area contributed by atoms with Crippen LogP contribution in [0.25, 0.3) is 0 Å². The summed E-state index contributed by atoms with van der Waals surface area (Å²) in [4.78, 5) is 36.3. The zero-order valence-electron chi connectivity index (χ0n) is 18.9. The molecule has 0 saturated carbocycles. The molecular weight excluding hydrogens is 474 g/mol. The lowest BCUT2D eigenvalue weighted by Gasteiger charge is -2.09. The Morgan fingerprint density at radius 3 is 2.20 bits per heavy atom. The molecule has 0 bridgehead atoms. The van der Waals surface area contributed by atoms with E-state index in [1.165, 1.54) is 26.5 Å². The van der Waals surface area contributed by atoms with E-state index in [9.17, 15) is 14.4 Å². The summed E-state index contributed by atoms with van der Waals surface area (Å²) in [6.07, 6.45) is 1.42. The second kappa shape index (κ2) is 12.2. The number of nitrogens with zero attached hydrogens (tertiary/aromatic N) is 1. The lowest BCUT2D eigenvalue weighted by atomic mass is 10.2. The molecule has 3 aromatic carbocycles. The molecule has 0 aliphatic rings. The molecule has 0 atom stereocenters. The highest BCUT2D eigenvalue weighted by molar-refractivity contribution is 6.30. The van der Waals surface area contributed by atoms with E-state index in [1.54, 1.807) is 60.7 Å². The molecule has 2 amide bonds. The topological polar surface area (TPSA) is 115 Å². The molecule has 0 saturated heterocycles. The van der Waals surface area contributed by atoms with Crippen molar-refractivity contribution >= 4 is 35.6 Å². The van der Waals surface area contributed by atoms with Gasteiger partial charge in [0.15, 0.2) is 11.5 Å². The van der Waals surface area contributed by atoms with Crippen molar-refractivity contribution in [3.05, 3.63) is 88.4 Å². The molecule has 0 aromatic heterocycles. The number of carbonyl (C=O) groups is 3. The Labute approximate surface area is 206 Å². The molecule has 9 nitrogen and oxygen atoms in total. The van der Waals surface area contributed by atoms with Crippen LogP contribution in [0.5, 0.6) is 17.2 Å². The van der Waals surface area contributed by atoms with Crippen molar-refractivity contribution in [2.75, 3.05) is 20.8 Å². The molecular formula is C25H22ClN3O6. The van der Waals surface area contributed by atoms with Crippen LogP contribution in [-0.4, -0.2) is 44.8 Å². The maximum Gasteiger partial charge on any atom is 0.343 e. The maximum atomic E-state index is 12.4. The number of nitrogens with one attached hydrogen (secondary N) is 2. The van der Waals surface area contributed by atoms with E-state index in [2.05, 4.69) is 15.8 Å². The van der Waals surface area contributed by atoms with E-state index < -0.39 is 17.8 Å². The van der Waals surface area contributed by atoms with Gasteiger partial charge in [-0.05, 0) is 72.3 Å². The van der Waals surface area contributed by atoms with Gasteiger partial charge in [0.2, 0.25) is 0 Å². The number of carbonyl (C=O) groups excluding carboxylic acids is 3. The summed E-state index contributed by atoms with van der Waals surface area (Å²) < 4.78 is 15.7. The first-order valence-corrected chi connectivity index (χ1v) is 10.7. The largest absolute Gasteiger partial charge is 0.493 e. The van der Waals surface area contributed by atoms with Crippen LogP contribution in [0.1, 0.15) is 26.3 Å². The van der Waals surface area contributed by atoms with Gasteiger partial charge in [0, 0.05) is 10.6 Å². The predicted molar refractivity (Wildman–Crippen MR) is 130 cm³/mol. The number of benzene rings is 3. The summed E-state index contributed by atoms with van der Waals surface area (Å²) in [5.74, 6) is -0.206. The first-order chi connectivity index (χ1) is 16.9. The average molecular weight is 496 g/mol. The predicted octanol–water partition coefficient (Wildman–Crippen LogP) is 3.46. The van der Waals surface area contributed by atoms with E-state index in [1.807, 2.05) is 0 Å². The van der Waals surface area contributed by atoms with Gasteiger partial charge in [-0.3, -0.25) is 9.59 Å². The number of esters is 1. The van der Waals surface area contributed by atoms with E-state index in [4.69, 9.17) is 25.8 Å². The van der Waals surface area contributed by atoms with Crippen LogP contribution in [0.4, 0.5) is 0 Å². The van der Waals surface area contributed by atoms with Crippen LogP contribution in [0.3, 0.4) is 0 Å². The molecule has 35 heavy (non-hydrogen) atoms. The fourth-order valence-corrected chi connectivity index (χ4v) is 2.96. The summed E-state index contributed by atoms with van der Waals surface area (Å²) in [5.41, 5.74) is 3.67. The number of hydrogen-bond donors (Lipinski definition) is 2. The number of amides is 2. The Morgan fingerprint density at radius 1 is 0.886 bits per heavy atom. The van der Waals surface area contributed by atoms with Gasteiger partial charge in [-0.1, -0.05) is 11.6 Å². The molecule has 3 rings (SSSR count). The van der Waals surface area contributed by atoms with Crippen molar-refractivity contribution in [3.63, 3.8) is 0 Å². The molecule has 0 fully saturated rings. The quantitative estimate of drug-likeness (QED) is 0.203. The smallest absolute Gasteiger partial charge is 0.343 e. The molecule has 0 aliphatic heterocycles. The van der Waals surface area contributed by atoms with E-state index in [-0.39, 0.29) is 6.54 Å². The molecule has 3 aromatic rings. The molecule has 2 N–H and O–H groups in total. The highest BCUT2D eigenvalue weighted by atomic mass is 35.5. The zero-order chi connectivity index (χ0) is 25.2. The number of rotatable bonds is 9.